The van der Waals surface area contributed by atoms with E-state index in [1.807, 2.05) is 13.8 Å². The molecule has 0 aliphatic carbocycles. The molecule has 1 aliphatic heterocycles. The number of carbonyl (C=O) groups excluding carboxylic acids is 1. The number of hydroxylamine groups is 2. The third-order valence-corrected chi connectivity index (χ3v) is 6.11. The molecule has 0 aromatic carbocycles. The molecule has 2 atom stereocenters. The van der Waals surface area contributed by atoms with E-state index in [1.165, 1.54) is 64.9 Å². The maximum atomic E-state index is 13.0. The molecule has 0 aromatic heterocycles. The molecule has 1 heterocycles. The summed E-state index contributed by atoms with van der Waals surface area (Å²) in [5.74, 6) is -0.213. The summed E-state index contributed by atoms with van der Waals surface area (Å²) in [6, 6.07) is 0. The molecule has 5 nitrogen and oxygen atoms in total. The third kappa shape index (κ3) is 8.79. The molecule has 0 saturated carbocycles. The monoisotopic (exact) mass is 399 g/mol. The molecule has 1 N–H and O–H groups in total. The minimum atomic E-state index is -0.684. The molecule has 0 spiro atoms. The van der Waals surface area contributed by atoms with Crippen molar-refractivity contribution in [3.05, 3.63) is 5.21 Å². The van der Waals surface area contributed by atoms with Crippen LogP contribution in [0.25, 0.3) is 0 Å². The van der Waals surface area contributed by atoms with Crippen molar-refractivity contribution >= 4 is 5.97 Å². The number of ether oxygens (including phenoxy) is 2. The summed E-state index contributed by atoms with van der Waals surface area (Å²) < 4.78 is 10.8. The molecular weight excluding hydrogens is 354 g/mol. The van der Waals surface area contributed by atoms with Crippen LogP contribution in [0.2, 0.25) is 0 Å². The number of carbonyl (C=O) groups is 1. The lowest BCUT2D eigenvalue weighted by Crippen LogP contribution is -3.20. The maximum Gasteiger partial charge on any atom is 0.305 e. The lowest BCUT2D eigenvalue weighted by atomic mass is 9.95. The Labute approximate surface area is 173 Å². The Hall–Kier alpha value is -0.650. The second-order valence-electron chi connectivity index (χ2n) is 9.21. The molecule has 2 unspecified atom stereocenters. The van der Waals surface area contributed by atoms with Crippen LogP contribution in [-0.4, -0.2) is 30.9 Å². The fourth-order valence-electron chi connectivity index (χ4n) is 4.26. The number of nitrogens with one attached hydrogen (secondary N) is 1. The average Bonchev–Trinajstić information content (AvgIpc) is 2.90. The van der Waals surface area contributed by atoms with Crippen molar-refractivity contribution in [2.45, 2.75) is 128 Å². The van der Waals surface area contributed by atoms with Crippen LogP contribution in [0, 0.1) is 5.21 Å². The topological polar surface area (TPSA) is 63.0 Å². The largest absolute Gasteiger partial charge is 0.632 e. The second-order valence-corrected chi connectivity index (χ2v) is 9.21. The predicted molar refractivity (Wildman–Crippen MR) is 114 cm³/mol. The highest BCUT2D eigenvalue weighted by Crippen LogP contribution is 2.28. The van der Waals surface area contributed by atoms with Crippen LogP contribution >= 0.6 is 0 Å². The van der Waals surface area contributed by atoms with E-state index >= 15 is 0 Å². The van der Waals surface area contributed by atoms with Gasteiger partial charge in [-0.05, 0) is 26.7 Å². The molecule has 28 heavy (non-hydrogen) atoms. The molecule has 0 aromatic rings. The molecule has 1 rings (SSSR count). The van der Waals surface area contributed by atoms with Gasteiger partial charge in [0.1, 0.15) is 12.1 Å². The Morgan fingerprint density at radius 3 is 1.89 bits per heavy atom. The van der Waals surface area contributed by atoms with E-state index in [1.54, 1.807) is 0 Å². The van der Waals surface area contributed by atoms with Gasteiger partial charge in [0.25, 0.3) is 0 Å². The summed E-state index contributed by atoms with van der Waals surface area (Å²) in [5, 5.41) is 13.2. The summed E-state index contributed by atoms with van der Waals surface area (Å²) in [7, 11) is 1.41. The Bertz CT molecular complexity index is 427. The number of hydrogen-bond acceptors (Lipinski definition) is 4. The normalized spacial score (nSPS) is 23.8. The highest BCUT2D eigenvalue weighted by atomic mass is 16.6. The average molecular weight is 400 g/mol. The predicted octanol–water partition coefficient (Wildman–Crippen LogP) is 4.92. The van der Waals surface area contributed by atoms with Crippen LogP contribution in [0.5, 0.6) is 0 Å². The standard InChI is InChI=1S/C23H45NO4/c1-5-6-7-8-9-10-11-12-13-14-15-18-23(19-16-17-21(25)27-4)24(26)22(2,3)20-28-23/h24H,5-20H2,1-4H3. The molecule has 0 bridgehead atoms. The minimum Gasteiger partial charge on any atom is -0.632 e. The third-order valence-electron chi connectivity index (χ3n) is 6.11. The quantitative estimate of drug-likeness (QED) is 0.227. The van der Waals surface area contributed by atoms with Gasteiger partial charge in [-0.3, -0.25) is 4.79 Å². The van der Waals surface area contributed by atoms with Crippen LogP contribution in [0.3, 0.4) is 0 Å². The molecule has 1 aliphatic rings. The Kier molecular flexibility index (Phi) is 12.3. The summed E-state index contributed by atoms with van der Waals surface area (Å²) in [4.78, 5) is 11.4. The van der Waals surface area contributed by atoms with Crippen molar-refractivity contribution in [3.8, 4) is 0 Å². The van der Waals surface area contributed by atoms with Gasteiger partial charge in [0.05, 0.1) is 7.11 Å². The van der Waals surface area contributed by atoms with Gasteiger partial charge in [-0.2, -0.15) is 0 Å². The van der Waals surface area contributed by atoms with Gasteiger partial charge in [0.15, 0.2) is 0 Å². The first-order valence-electron chi connectivity index (χ1n) is 11.6. The van der Waals surface area contributed by atoms with Crippen molar-refractivity contribution in [2.75, 3.05) is 13.7 Å². The number of hydrogen-bond donors (Lipinski definition) is 1. The van der Waals surface area contributed by atoms with Crippen LogP contribution in [0.4, 0.5) is 0 Å². The van der Waals surface area contributed by atoms with Gasteiger partial charge in [0, 0.05) is 19.3 Å². The van der Waals surface area contributed by atoms with Gasteiger partial charge < -0.3 is 19.7 Å². The van der Waals surface area contributed by atoms with Crippen molar-refractivity contribution in [3.63, 3.8) is 0 Å². The zero-order valence-corrected chi connectivity index (χ0v) is 18.9. The lowest BCUT2D eigenvalue weighted by molar-refractivity contribution is -0.950. The maximum absolute atomic E-state index is 13.0. The highest BCUT2D eigenvalue weighted by Gasteiger charge is 2.51. The molecule has 0 amide bonds. The van der Waals surface area contributed by atoms with E-state index in [2.05, 4.69) is 6.92 Å². The number of rotatable bonds is 16. The van der Waals surface area contributed by atoms with Gasteiger partial charge >= 0.3 is 5.97 Å². The van der Waals surface area contributed by atoms with Gasteiger partial charge in [-0.1, -0.05) is 71.1 Å². The number of esters is 1. The molecule has 1 saturated heterocycles. The fourth-order valence-corrected chi connectivity index (χ4v) is 4.26. The van der Waals surface area contributed by atoms with Crippen LogP contribution in [0.1, 0.15) is 117 Å². The molecule has 166 valence electrons. The lowest BCUT2D eigenvalue weighted by Gasteiger charge is -2.42. The summed E-state index contributed by atoms with van der Waals surface area (Å²) >= 11 is 0. The first kappa shape index (κ1) is 25.4. The Morgan fingerprint density at radius 2 is 1.43 bits per heavy atom. The van der Waals surface area contributed by atoms with E-state index < -0.39 is 11.3 Å². The molecular formula is C23H45NO4. The van der Waals surface area contributed by atoms with Crippen molar-refractivity contribution < 1.29 is 19.3 Å². The zero-order valence-electron chi connectivity index (χ0n) is 18.9. The minimum absolute atomic E-state index is 0.213. The number of unbranched alkanes of at least 4 members (excludes halogenated alkanes) is 10. The van der Waals surface area contributed by atoms with Gasteiger partial charge in [0.2, 0.25) is 5.72 Å². The first-order valence-corrected chi connectivity index (χ1v) is 11.6. The summed E-state index contributed by atoms with van der Waals surface area (Å²) in [6.07, 6.45) is 16.7. The summed E-state index contributed by atoms with van der Waals surface area (Å²) in [5.41, 5.74) is -1.10. The second kappa shape index (κ2) is 13.6. The Balaban J connectivity index is 2.26. The van der Waals surface area contributed by atoms with Crippen LogP contribution in [-0.2, 0) is 14.3 Å². The van der Waals surface area contributed by atoms with E-state index in [4.69, 9.17) is 9.47 Å². The van der Waals surface area contributed by atoms with Gasteiger partial charge in [-0.15, -0.1) is 0 Å². The van der Waals surface area contributed by atoms with Gasteiger partial charge in [-0.25, -0.2) is 0 Å². The molecule has 0 radical (unpaired) electrons. The summed E-state index contributed by atoms with van der Waals surface area (Å²) in [6.45, 7) is 6.69. The van der Waals surface area contributed by atoms with E-state index in [0.29, 0.717) is 25.9 Å². The zero-order chi connectivity index (χ0) is 20.9. The van der Waals surface area contributed by atoms with E-state index in [9.17, 15) is 10.0 Å². The number of methoxy groups -OCH3 is 1. The van der Waals surface area contributed by atoms with Crippen molar-refractivity contribution in [1.29, 1.82) is 0 Å². The smallest absolute Gasteiger partial charge is 0.305 e. The molecule has 1 fully saturated rings. The SMILES string of the molecule is CCCCCCCCCCCCCC1(CCCC(=O)OC)OCC(C)(C)[NH+]1[O-]. The molecule has 5 heteroatoms. The van der Waals surface area contributed by atoms with E-state index in [0.717, 1.165) is 19.3 Å². The van der Waals surface area contributed by atoms with E-state index in [-0.39, 0.29) is 11.0 Å². The van der Waals surface area contributed by atoms with Crippen molar-refractivity contribution in [2.24, 2.45) is 0 Å². The van der Waals surface area contributed by atoms with Crippen molar-refractivity contribution in [1.82, 2.24) is 0 Å². The first-order chi connectivity index (χ1) is 13.4. The fraction of sp³-hybridized carbons (Fsp3) is 0.957. The van der Waals surface area contributed by atoms with Crippen LogP contribution in [0.15, 0.2) is 0 Å². The highest BCUT2D eigenvalue weighted by molar-refractivity contribution is 5.68. The number of quaternary nitrogens is 1. The van der Waals surface area contributed by atoms with Crippen LogP contribution < -0.4 is 5.06 Å². The Morgan fingerprint density at radius 1 is 0.929 bits per heavy atom.